The molecule has 3 aromatic carbocycles. The molecule has 1 unspecified atom stereocenters. The second kappa shape index (κ2) is 13.5. The molecule has 1 N–H and O–H groups in total. The Kier molecular flexibility index (Phi) is 10.4. The Morgan fingerprint density at radius 2 is 1.54 bits per heavy atom. The fraction of sp³-hybridized carbons (Fsp3) is 0.310. The minimum Gasteiger partial charge on any atom is -0.495 e. The summed E-state index contributed by atoms with van der Waals surface area (Å²) in [5.74, 6) is -0.480. The van der Waals surface area contributed by atoms with Crippen LogP contribution in [0.1, 0.15) is 25.0 Å². The molecule has 0 saturated heterocycles. The van der Waals surface area contributed by atoms with E-state index in [0.29, 0.717) is 5.75 Å². The highest BCUT2D eigenvalue weighted by molar-refractivity contribution is 7.92. The highest BCUT2D eigenvalue weighted by Crippen LogP contribution is 2.30. The minimum atomic E-state index is -3.89. The fourth-order valence-corrected chi connectivity index (χ4v) is 5.23. The van der Waals surface area contributed by atoms with Gasteiger partial charge in [0.2, 0.25) is 21.8 Å². The number of nitrogens with one attached hydrogen (secondary N) is 1. The van der Waals surface area contributed by atoms with E-state index in [4.69, 9.17) is 16.3 Å². The first kappa shape index (κ1) is 30.0. The number of carbonyl (C=O) groups excluding carboxylic acids is 2. The summed E-state index contributed by atoms with van der Waals surface area (Å²) in [5, 5.41) is 3.13. The van der Waals surface area contributed by atoms with E-state index in [1.54, 1.807) is 0 Å². The standard InChI is InChI=1S/C29H34ClN3O5S/c1-21(2)31-29(35)26(17-22-11-7-5-8-12-22)32(19-23-13-9-6-10-14-23)28(34)20-33(39(4,36)37)24-15-16-27(38-3)25(30)18-24/h5-16,18,21,26H,17,19-20H2,1-4H3,(H,31,35). The van der Waals surface area contributed by atoms with E-state index in [-0.39, 0.29) is 35.6 Å². The Balaban J connectivity index is 2.04. The Labute approximate surface area is 235 Å². The third-order valence-corrected chi connectivity index (χ3v) is 7.44. The third-order valence-electron chi connectivity index (χ3n) is 6.00. The number of sulfonamides is 1. The first-order valence-electron chi connectivity index (χ1n) is 12.5. The lowest BCUT2D eigenvalue weighted by Crippen LogP contribution is -2.54. The second-order valence-corrected chi connectivity index (χ2v) is 11.8. The molecule has 0 spiro atoms. The molecule has 0 aliphatic rings. The molecule has 3 aromatic rings. The number of hydrogen-bond donors (Lipinski definition) is 1. The first-order chi connectivity index (χ1) is 18.5. The van der Waals surface area contributed by atoms with E-state index in [1.165, 1.54) is 30.2 Å². The zero-order chi connectivity index (χ0) is 28.6. The van der Waals surface area contributed by atoms with Crippen LogP contribution in [0, 0.1) is 0 Å². The van der Waals surface area contributed by atoms with Crippen molar-refractivity contribution in [2.45, 2.75) is 38.9 Å². The van der Waals surface area contributed by atoms with Gasteiger partial charge in [0.1, 0.15) is 18.3 Å². The van der Waals surface area contributed by atoms with Crippen molar-refractivity contribution in [1.29, 1.82) is 0 Å². The van der Waals surface area contributed by atoms with Gasteiger partial charge in [-0.3, -0.25) is 13.9 Å². The Morgan fingerprint density at radius 1 is 0.949 bits per heavy atom. The number of ether oxygens (including phenoxy) is 1. The molecule has 208 valence electrons. The van der Waals surface area contributed by atoms with E-state index in [0.717, 1.165) is 21.7 Å². The van der Waals surface area contributed by atoms with Crippen LogP contribution < -0.4 is 14.4 Å². The maximum Gasteiger partial charge on any atom is 0.244 e. The van der Waals surface area contributed by atoms with E-state index < -0.39 is 28.5 Å². The van der Waals surface area contributed by atoms with E-state index >= 15 is 0 Å². The highest BCUT2D eigenvalue weighted by Gasteiger charge is 2.33. The normalized spacial score (nSPS) is 12.1. The molecule has 0 aliphatic carbocycles. The lowest BCUT2D eigenvalue weighted by atomic mass is 10.0. The number of carbonyl (C=O) groups is 2. The van der Waals surface area contributed by atoms with Crippen molar-refractivity contribution < 1.29 is 22.7 Å². The number of benzene rings is 3. The maximum absolute atomic E-state index is 14.0. The van der Waals surface area contributed by atoms with Crippen molar-refractivity contribution in [3.63, 3.8) is 0 Å². The van der Waals surface area contributed by atoms with Crippen LogP contribution in [-0.2, 0) is 32.6 Å². The average Bonchev–Trinajstić information content (AvgIpc) is 2.89. The number of nitrogens with zero attached hydrogens (tertiary/aromatic N) is 2. The van der Waals surface area contributed by atoms with E-state index in [9.17, 15) is 18.0 Å². The number of hydrogen-bond acceptors (Lipinski definition) is 5. The fourth-order valence-electron chi connectivity index (χ4n) is 4.14. The van der Waals surface area contributed by atoms with Crippen molar-refractivity contribution in [3.05, 3.63) is 95.0 Å². The van der Waals surface area contributed by atoms with Crippen LogP contribution in [-0.4, -0.2) is 57.1 Å². The van der Waals surface area contributed by atoms with Gasteiger partial charge >= 0.3 is 0 Å². The van der Waals surface area contributed by atoms with Crippen LogP contribution in [0.25, 0.3) is 0 Å². The Bertz CT molecular complexity index is 1370. The van der Waals surface area contributed by atoms with Crippen molar-refractivity contribution in [3.8, 4) is 5.75 Å². The minimum absolute atomic E-state index is 0.115. The number of amides is 2. The molecule has 3 rings (SSSR count). The molecule has 0 fully saturated rings. The predicted molar refractivity (Wildman–Crippen MR) is 154 cm³/mol. The van der Waals surface area contributed by atoms with Gasteiger partial charge in [0.25, 0.3) is 0 Å². The molecule has 0 heterocycles. The summed E-state index contributed by atoms with van der Waals surface area (Å²) >= 11 is 6.27. The van der Waals surface area contributed by atoms with Crippen molar-refractivity contribution in [2.24, 2.45) is 0 Å². The number of rotatable bonds is 12. The summed E-state index contributed by atoms with van der Waals surface area (Å²) in [6.07, 6.45) is 1.28. The molecule has 8 nitrogen and oxygen atoms in total. The van der Waals surface area contributed by atoms with Gasteiger partial charge < -0.3 is 15.0 Å². The largest absolute Gasteiger partial charge is 0.495 e. The van der Waals surface area contributed by atoms with Crippen LogP contribution in [0.15, 0.2) is 78.9 Å². The predicted octanol–water partition coefficient (Wildman–Crippen LogP) is 4.28. The van der Waals surface area contributed by atoms with Gasteiger partial charge in [0.05, 0.1) is 24.1 Å². The van der Waals surface area contributed by atoms with Crippen LogP contribution in [0.4, 0.5) is 5.69 Å². The quantitative estimate of drug-likeness (QED) is 0.350. The van der Waals surface area contributed by atoms with Gasteiger partial charge in [-0.15, -0.1) is 0 Å². The lowest BCUT2D eigenvalue weighted by molar-refractivity contribution is -0.140. The van der Waals surface area contributed by atoms with E-state index in [2.05, 4.69) is 5.32 Å². The van der Waals surface area contributed by atoms with Crippen LogP contribution in [0.3, 0.4) is 0 Å². The van der Waals surface area contributed by atoms with Gasteiger partial charge in [-0.25, -0.2) is 8.42 Å². The molecule has 0 saturated carbocycles. The lowest BCUT2D eigenvalue weighted by Gasteiger charge is -2.34. The molecule has 39 heavy (non-hydrogen) atoms. The summed E-state index contributed by atoms with van der Waals surface area (Å²) < 4.78 is 31.9. The highest BCUT2D eigenvalue weighted by atomic mass is 35.5. The van der Waals surface area contributed by atoms with Gasteiger partial charge in [0.15, 0.2) is 0 Å². The van der Waals surface area contributed by atoms with Crippen molar-refractivity contribution >= 4 is 39.1 Å². The molecule has 10 heteroatoms. The topological polar surface area (TPSA) is 96.0 Å². The number of halogens is 1. The second-order valence-electron chi connectivity index (χ2n) is 9.46. The van der Waals surface area contributed by atoms with Gasteiger partial charge in [0, 0.05) is 19.0 Å². The Hall–Kier alpha value is -3.56. The van der Waals surface area contributed by atoms with E-state index in [1.807, 2.05) is 74.5 Å². The summed E-state index contributed by atoms with van der Waals surface area (Å²) in [5.41, 5.74) is 1.89. The Morgan fingerprint density at radius 3 is 2.05 bits per heavy atom. The van der Waals surface area contributed by atoms with Gasteiger partial charge in [-0.1, -0.05) is 72.3 Å². The van der Waals surface area contributed by atoms with Crippen LogP contribution in [0.2, 0.25) is 5.02 Å². The molecule has 0 aromatic heterocycles. The van der Waals surface area contributed by atoms with Crippen LogP contribution in [0.5, 0.6) is 5.75 Å². The van der Waals surface area contributed by atoms with Gasteiger partial charge in [-0.05, 0) is 43.2 Å². The molecule has 0 aliphatic heterocycles. The van der Waals surface area contributed by atoms with Crippen molar-refractivity contribution in [1.82, 2.24) is 10.2 Å². The zero-order valence-electron chi connectivity index (χ0n) is 22.5. The molecule has 1 atom stereocenters. The maximum atomic E-state index is 14.0. The summed E-state index contributed by atoms with van der Waals surface area (Å²) in [6.45, 7) is 3.29. The van der Waals surface area contributed by atoms with Gasteiger partial charge in [-0.2, -0.15) is 0 Å². The third kappa shape index (κ3) is 8.46. The molecule has 0 radical (unpaired) electrons. The zero-order valence-corrected chi connectivity index (χ0v) is 24.1. The van der Waals surface area contributed by atoms with Crippen LogP contribution >= 0.6 is 11.6 Å². The van der Waals surface area contributed by atoms with Crippen molar-refractivity contribution in [2.75, 3.05) is 24.2 Å². The average molecular weight is 572 g/mol. The SMILES string of the molecule is COc1ccc(N(CC(=O)N(Cc2ccccc2)C(Cc2ccccc2)C(=O)NC(C)C)S(C)(=O)=O)cc1Cl. The summed E-state index contributed by atoms with van der Waals surface area (Å²) in [4.78, 5) is 28.9. The molecular weight excluding hydrogens is 538 g/mol. The summed E-state index contributed by atoms with van der Waals surface area (Å²) in [6, 6.07) is 22.1. The molecule has 0 bridgehead atoms. The number of anilines is 1. The number of methoxy groups -OCH3 is 1. The molecular formula is C29H34ClN3O5S. The first-order valence-corrected chi connectivity index (χ1v) is 14.7. The smallest absolute Gasteiger partial charge is 0.244 e. The summed E-state index contributed by atoms with van der Waals surface area (Å²) in [7, 11) is -2.44. The monoisotopic (exact) mass is 571 g/mol. The molecule has 2 amide bonds.